The second kappa shape index (κ2) is 5.76. The van der Waals surface area contributed by atoms with Crippen molar-refractivity contribution in [2.24, 2.45) is 7.05 Å². The van der Waals surface area contributed by atoms with E-state index in [1.807, 2.05) is 36.2 Å². The van der Waals surface area contributed by atoms with Crippen LogP contribution in [0.1, 0.15) is 43.8 Å². The fourth-order valence-electron chi connectivity index (χ4n) is 3.19. The van der Waals surface area contributed by atoms with Crippen LogP contribution >= 0.6 is 0 Å². The molecule has 0 atom stereocenters. The molecule has 5 heteroatoms. The van der Waals surface area contributed by atoms with Crippen LogP contribution in [0.4, 0.5) is 17.3 Å². The van der Waals surface area contributed by atoms with Gasteiger partial charge in [0.05, 0.1) is 0 Å². The van der Waals surface area contributed by atoms with E-state index in [4.69, 9.17) is 5.73 Å². The van der Waals surface area contributed by atoms with Crippen molar-refractivity contribution in [2.75, 3.05) is 17.7 Å². The number of nitrogen functional groups attached to an aromatic ring is 1. The first kappa shape index (κ1) is 13.9. The number of aromatic nitrogens is 3. The van der Waals surface area contributed by atoms with E-state index in [0.717, 1.165) is 23.1 Å². The van der Waals surface area contributed by atoms with E-state index in [1.54, 1.807) is 0 Å². The summed E-state index contributed by atoms with van der Waals surface area (Å²) in [6.45, 7) is 0. The smallest absolute Gasteiger partial charge is 0.231 e. The summed E-state index contributed by atoms with van der Waals surface area (Å²) in [7, 11) is 4.06. The number of hydrogen-bond acceptors (Lipinski definition) is 4. The van der Waals surface area contributed by atoms with Gasteiger partial charge >= 0.3 is 0 Å². The summed E-state index contributed by atoms with van der Waals surface area (Å²) in [5.41, 5.74) is 7.65. The van der Waals surface area contributed by atoms with Crippen molar-refractivity contribution in [3.8, 4) is 0 Å². The number of anilines is 3. The summed E-state index contributed by atoms with van der Waals surface area (Å²) in [6, 6.07) is 7.83. The zero-order valence-corrected chi connectivity index (χ0v) is 12.8. The molecule has 3 rings (SSSR count). The number of rotatable bonds is 3. The van der Waals surface area contributed by atoms with Crippen LogP contribution in [-0.2, 0) is 7.05 Å². The van der Waals surface area contributed by atoms with Gasteiger partial charge in [-0.25, -0.2) is 0 Å². The lowest BCUT2D eigenvalue weighted by atomic mass is 9.89. The molecule has 0 spiro atoms. The first-order valence-corrected chi connectivity index (χ1v) is 7.65. The zero-order chi connectivity index (χ0) is 14.8. The second-order valence-corrected chi connectivity index (χ2v) is 5.91. The molecule has 0 aliphatic heterocycles. The van der Waals surface area contributed by atoms with Crippen molar-refractivity contribution in [3.05, 3.63) is 30.1 Å². The van der Waals surface area contributed by atoms with E-state index in [9.17, 15) is 0 Å². The van der Waals surface area contributed by atoms with E-state index in [-0.39, 0.29) is 0 Å². The van der Waals surface area contributed by atoms with E-state index >= 15 is 0 Å². The standard InChI is InChI=1S/C16H23N5/c1-20(14-10-6-9-13(17)11-14)16-19-18-15(21(16)2)12-7-4-3-5-8-12/h6,9-12H,3-5,7-8,17H2,1-2H3. The topological polar surface area (TPSA) is 60.0 Å². The van der Waals surface area contributed by atoms with Crippen molar-refractivity contribution in [3.63, 3.8) is 0 Å². The molecular weight excluding hydrogens is 262 g/mol. The van der Waals surface area contributed by atoms with Crippen LogP contribution in [0.25, 0.3) is 0 Å². The van der Waals surface area contributed by atoms with Gasteiger partial charge in [-0.2, -0.15) is 0 Å². The number of benzene rings is 1. The van der Waals surface area contributed by atoms with Gasteiger partial charge in [-0.15, -0.1) is 10.2 Å². The normalized spacial score (nSPS) is 16.1. The van der Waals surface area contributed by atoms with E-state index < -0.39 is 0 Å². The van der Waals surface area contributed by atoms with Crippen LogP contribution in [-0.4, -0.2) is 21.8 Å². The molecule has 1 saturated carbocycles. The van der Waals surface area contributed by atoms with Crippen molar-refractivity contribution >= 4 is 17.3 Å². The van der Waals surface area contributed by atoms with Gasteiger partial charge in [-0.3, -0.25) is 4.57 Å². The molecular formula is C16H23N5. The highest BCUT2D eigenvalue weighted by Gasteiger charge is 2.23. The average molecular weight is 285 g/mol. The molecule has 21 heavy (non-hydrogen) atoms. The van der Waals surface area contributed by atoms with Crippen molar-refractivity contribution in [1.82, 2.24) is 14.8 Å². The van der Waals surface area contributed by atoms with E-state index in [0.29, 0.717) is 5.92 Å². The van der Waals surface area contributed by atoms with E-state index in [1.165, 1.54) is 32.1 Å². The Morgan fingerprint density at radius 1 is 1.19 bits per heavy atom. The molecule has 112 valence electrons. The fraction of sp³-hybridized carbons (Fsp3) is 0.500. The first-order valence-electron chi connectivity index (χ1n) is 7.65. The average Bonchev–Trinajstić information content (AvgIpc) is 2.89. The Bertz CT molecular complexity index is 613. The minimum atomic E-state index is 0.555. The maximum Gasteiger partial charge on any atom is 0.231 e. The van der Waals surface area contributed by atoms with Gasteiger partial charge in [0.1, 0.15) is 5.82 Å². The molecule has 0 unspecified atom stereocenters. The maximum absolute atomic E-state index is 5.87. The Kier molecular flexibility index (Phi) is 3.82. The van der Waals surface area contributed by atoms with E-state index in [2.05, 4.69) is 21.8 Å². The third-order valence-electron chi connectivity index (χ3n) is 4.41. The van der Waals surface area contributed by atoms with Crippen LogP contribution in [0.2, 0.25) is 0 Å². The lowest BCUT2D eigenvalue weighted by Crippen LogP contribution is -2.16. The highest BCUT2D eigenvalue weighted by molar-refractivity contribution is 5.61. The minimum Gasteiger partial charge on any atom is -0.399 e. The highest BCUT2D eigenvalue weighted by atomic mass is 15.4. The predicted octanol–water partition coefficient (Wildman–Crippen LogP) is 3.21. The monoisotopic (exact) mass is 285 g/mol. The summed E-state index contributed by atoms with van der Waals surface area (Å²) in [5.74, 6) is 2.53. The van der Waals surface area contributed by atoms with Crippen molar-refractivity contribution < 1.29 is 0 Å². The Morgan fingerprint density at radius 3 is 2.67 bits per heavy atom. The molecule has 1 aromatic carbocycles. The molecule has 1 heterocycles. The quantitative estimate of drug-likeness (QED) is 0.880. The molecule has 1 aliphatic carbocycles. The third kappa shape index (κ3) is 2.73. The molecule has 0 saturated heterocycles. The molecule has 5 nitrogen and oxygen atoms in total. The summed E-state index contributed by atoms with van der Waals surface area (Å²) >= 11 is 0. The molecule has 1 aromatic heterocycles. The van der Waals surface area contributed by atoms with Crippen LogP contribution < -0.4 is 10.6 Å². The molecule has 0 radical (unpaired) electrons. The van der Waals surface area contributed by atoms with Crippen LogP contribution in [0.3, 0.4) is 0 Å². The Balaban J connectivity index is 1.87. The van der Waals surface area contributed by atoms with Gasteiger partial charge in [-0.05, 0) is 31.0 Å². The van der Waals surface area contributed by atoms with Gasteiger partial charge < -0.3 is 10.6 Å². The van der Waals surface area contributed by atoms with Gasteiger partial charge in [0.2, 0.25) is 5.95 Å². The molecule has 1 aliphatic rings. The molecule has 0 bridgehead atoms. The number of hydrogen-bond donors (Lipinski definition) is 1. The van der Waals surface area contributed by atoms with Gasteiger partial charge in [0.25, 0.3) is 0 Å². The lowest BCUT2D eigenvalue weighted by molar-refractivity contribution is 0.420. The van der Waals surface area contributed by atoms with Crippen LogP contribution in [0, 0.1) is 0 Å². The second-order valence-electron chi connectivity index (χ2n) is 5.91. The van der Waals surface area contributed by atoms with Crippen LogP contribution in [0.5, 0.6) is 0 Å². The van der Waals surface area contributed by atoms with Gasteiger partial charge in [0.15, 0.2) is 0 Å². The highest BCUT2D eigenvalue weighted by Crippen LogP contribution is 2.33. The predicted molar refractivity (Wildman–Crippen MR) is 85.7 cm³/mol. The first-order chi connectivity index (χ1) is 10.2. The Labute approximate surface area is 125 Å². The Morgan fingerprint density at radius 2 is 1.95 bits per heavy atom. The molecule has 0 amide bonds. The number of nitrogens with zero attached hydrogens (tertiary/aromatic N) is 4. The molecule has 2 aromatic rings. The summed E-state index contributed by atoms with van der Waals surface area (Å²) in [5, 5.41) is 8.84. The molecule has 2 N–H and O–H groups in total. The van der Waals surface area contributed by atoms with Crippen LogP contribution in [0.15, 0.2) is 24.3 Å². The minimum absolute atomic E-state index is 0.555. The maximum atomic E-state index is 5.87. The summed E-state index contributed by atoms with van der Waals surface area (Å²) in [4.78, 5) is 2.04. The van der Waals surface area contributed by atoms with Gasteiger partial charge in [-0.1, -0.05) is 25.3 Å². The fourth-order valence-corrected chi connectivity index (χ4v) is 3.19. The summed E-state index contributed by atoms with van der Waals surface area (Å²) in [6.07, 6.45) is 6.42. The Hall–Kier alpha value is -2.04. The summed E-state index contributed by atoms with van der Waals surface area (Å²) < 4.78 is 2.12. The third-order valence-corrected chi connectivity index (χ3v) is 4.41. The van der Waals surface area contributed by atoms with Gasteiger partial charge in [0, 0.05) is 31.4 Å². The SMILES string of the molecule is CN(c1cccc(N)c1)c1nnc(C2CCCCC2)n1C. The largest absolute Gasteiger partial charge is 0.399 e. The molecule has 1 fully saturated rings. The van der Waals surface area contributed by atoms with Crippen molar-refractivity contribution in [1.29, 1.82) is 0 Å². The van der Waals surface area contributed by atoms with Crippen molar-refractivity contribution in [2.45, 2.75) is 38.0 Å². The zero-order valence-electron chi connectivity index (χ0n) is 12.8. The number of nitrogens with two attached hydrogens (primary N) is 1. The lowest BCUT2D eigenvalue weighted by Gasteiger charge is -2.22.